The van der Waals surface area contributed by atoms with Crippen molar-refractivity contribution in [3.8, 4) is 0 Å². The van der Waals surface area contributed by atoms with Crippen molar-refractivity contribution < 1.29 is 0 Å². The Bertz CT molecular complexity index is 1040. The Kier molecular flexibility index (Phi) is 6.62. The number of rotatable bonds is 6. The first-order valence-corrected chi connectivity index (χ1v) is 16.5. The van der Waals surface area contributed by atoms with Crippen LogP contribution in [0.25, 0.3) is 0 Å². The lowest BCUT2D eigenvalue weighted by Crippen LogP contribution is -2.26. The number of hydrogen-bond acceptors (Lipinski definition) is 0. The summed E-state index contributed by atoms with van der Waals surface area (Å²) in [6.07, 6.45) is 8.08. The summed E-state index contributed by atoms with van der Waals surface area (Å²) in [5.41, 5.74) is 6.20. The summed E-state index contributed by atoms with van der Waals surface area (Å²) in [6.45, 7) is 0. The standard InChI is InChI=1S/C33H34P2/c1-5-15-28(16-6-1)32(29-17-7-2-8-18-29)23-13-25-34(32)27-35-26-14-24-33(35,30-19-9-3-10-20-30)31-21-11-4-12-22-31/h1-12,15-22H,13-14,23-27H2. The molecular formula is C33H34P2. The van der Waals surface area contributed by atoms with Crippen molar-refractivity contribution in [2.24, 2.45) is 0 Å². The second-order valence-corrected chi connectivity index (χ2v) is 15.8. The lowest BCUT2D eigenvalue weighted by Gasteiger charge is -2.43. The SMILES string of the molecule is c1ccc(C2(c3ccccc3)CCCP2CP2CCCC2(c2ccccc2)c2ccccc2)cc1. The Morgan fingerprint density at radius 1 is 0.429 bits per heavy atom. The molecule has 0 nitrogen and oxygen atoms in total. The molecule has 0 spiro atoms. The van der Waals surface area contributed by atoms with Crippen molar-refractivity contribution in [3.05, 3.63) is 144 Å². The van der Waals surface area contributed by atoms with Crippen molar-refractivity contribution in [1.29, 1.82) is 0 Å². The highest BCUT2D eigenvalue weighted by Gasteiger charge is 2.51. The molecule has 0 aromatic heterocycles. The fraction of sp³-hybridized carbons (Fsp3) is 0.273. The topological polar surface area (TPSA) is 0 Å². The summed E-state index contributed by atoms with van der Waals surface area (Å²) < 4.78 is 0. The van der Waals surface area contributed by atoms with Gasteiger partial charge >= 0.3 is 0 Å². The third kappa shape index (κ3) is 4.00. The molecule has 0 saturated carbocycles. The highest BCUT2D eigenvalue weighted by molar-refractivity contribution is 7.76. The lowest BCUT2D eigenvalue weighted by atomic mass is 9.87. The average Bonchev–Trinajstić information content (AvgIpc) is 3.57. The van der Waals surface area contributed by atoms with Crippen LogP contribution in [0.15, 0.2) is 121 Å². The van der Waals surface area contributed by atoms with E-state index in [-0.39, 0.29) is 26.2 Å². The second kappa shape index (κ2) is 10.0. The monoisotopic (exact) mass is 492 g/mol. The van der Waals surface area contributed by atoms with Crippen LogP contribution < -0.4 is 0 Å². The van der Waals surface area contributed by atoms with E-state index in [1.54, 1.807) is 22.3 Å². The van der Waals surface area contributed by atoms with Gasteiger partial charge in [0.2, 0.25) is 0 Å². The smallest absolute Gasteiger partial charge is 0.0404 e. The third-order valence-corrected chi connectivity index (χ3v) is 16.4. The summed E-state index contributed by atoms with van der Waals surface area (Å²) in [6, 6.07) is 46.1. The maximum Gasteiger partial charge on any atom is 0.0404 e. The van der Waals surface area contributed by atoms with Gasteiger partial charge in [-0.15, -0.1) is 0 Å². The minimum atomic E-state index is -0.167. The first kappa shape index (κ1) is 23.2. The van der Waals surface area contributed by atoms with Gasteiger partial charge in [-0.25, -0.2) is 0 Å². The second-order valence-electron chi connectivity index (χ2n) is 10.1. The maximum absolute atomic E-state index is 2.41. The van der Waals surface area contributed by atoms with Crippen LogP contribution in [-0.4, -0.2) is 18.2 Å². The van der Waals surface area contributed by atoms with Gasteiger partial charge in [-0.05, 0) is 66.2 Å². The van der Waals surface area contributed by atoms with Gasteiger partial charge in [-0.3, -0.25) is 0 Å². The summed E-state index contributed by atoms with van der Waals surface area (Å²) >= 11 is 0. The Hall–Kier alpha value is -2.26. The van der Waals surface area contributed by atoms with Crippen molar-refractivity contribution in [2.75, 3.05) is 18.2 Å². The summed E-state index contributed by atoms with van der Waals surface area (Å²) in [5, 5.41) is 0.393. The van der Waals surface area contributed by atoms with Crippen LogP contribution in [0.3, 0.4) is 0 Å². The molecule has 2 heterocycles. The van der Waals surface area contributed by atoms with Crippen LogP contribution in [0.5, 0.6) is 0 Å². The zero-order chi connectivity index (χ0) is 23.6. The van der Waals surface area contributed by atoms with Crippen LogP contribution in [0.1, 0.15) is 47.9 Å². The predicted octanol–water partition coefficient (Wildman–Crippen LogP) is 9.38. The minimum Gasteiger partial charge on any atom is -0.0866 e. The molecule has 2 saturated heterocycles. The number of benzene rings is 4. The summed E-state index contributed by atoms with van der Waals surface area (Å²) in [4.78, 5) is 0. The van der Waals surface area contributed by atoms with Gasteiger partial charge < -0.3 is 0 Å². The van der Waals surface area contributed by atoms with E-state index < -0.39 is 0 Å². The zero-order valence-corrected chi connectivity index (χ0v) is 22.2. The van der Waals surface area contributed by atoms with Gasteiger partial charge in [0.15, 0.2) is 0 Å². The van der Waals surface area contributed by atoms with E-state index in [1.807, 2.05) is 0 Å². The summed E-state index contributed by atoms with van der Waals surface area (Å²) in [5.74, 6) is 1.41. The molecule has 6 rings (SSSR count). The molecular weight excluding hydrogens is 458 g/mol. The van der Waals surface area contributed by atoms with E-state index >= 15 is 0 Å². The van der Waals surface area contributed by atoms with E-state index in [1.165, 1.54) is 43.9 Å². The van der Waals surface area contributed by atoms with Crippen molar-refractivity contribution >= 4 is 15.8 Å². The van der Waals surface area contributed by atoms with E-state index in [0.717, 1.165) is 0 Å². The van der Waals surface area contributed by atoms with Crippen LogP contribution in [-0.2, 0) is 10.3 Å². The average molecular weight is 493 g/mol. The van der Waals surface area contributed by atoms with Crippen LogP contribution in [0, 0.1) is 0 Å². The van der Waals surface area contributed by atoms with Crippen LogP contribution >= 0.6 is 15.8 Å². The first-order valence-electron chi connectivity index (χ1n) is 13.1. The van der Waals surface area contributed by atoms with E-state index in [2.05, 4.69) is 121 Å². The Morgan fingerprint density at radius 3 is 1.00 bits per heavy atom. The van der Waals surface area contributed by atoms with Crippen LogP contribution in [0.2, 0.25) is 0 Å². The molecule has 2 unspecified atom stereocenters. The molecule has 2 aliphatic heterocycles. The third-order valence-electron chi connectivity index (χ3n) is 8.36. The van der Waals surface area contributed by atoms with Crippen molar-refractivity contribution in [3.63, 3.8) is 0 Å². The van der Waals surface area contributed by atoms with E-state index in [0.29, 0.717) is 0 Å². The normalized spacial score (nSPS) is 22.7. The lowest BCUT2D eigenvalue weighted by molar-refractivity contribution is 0.676. The molecule has 2 fully saturated rings. The molecule has 4 aromatic carbocycles. The van der Waals surface area contributed by atoms with Crippen molar-refractivity contribution in [2.45, 2.75) is 36.0 Å². The molecule has 35 heavy (non-hydrogen) atoms. The Labute approximate surface area is 213 Å². The Balaban J connectivity index is 1.45. The highest BCUT2D eigenvalue weighted by Crippen LogP contribution is 2.77. The molecule has 176 valence electrons. The molecule has 0 bridgehead atoms. The molecule has 4 aromatic rings. The fourth-order valence-electron chi connectivity index (χ4n) is 6.83. The molecule has 2 heteroatoms. The molecule has 0 amide bonds. The maximum atomic E-state index is 2.41. The van der Waals surface area contributed by atoms with Gasteiger partial charge in [0, 0.05) is 10.3 Å². The highest BCUT2D eigenvalue weighted by atomic mass is 31.2. The molecule has 0 aliphatic carbocycles. The molecule has 0 radical (unpaired) electrons. The van der Waals surface area contributed by atoms with Gasteiger partial charge in [0.25, 0.3) is 0 Å². The van der Waals surface area contributed by atoms with E-state index in [9.17, 15) is 0 Å². The minimum absolute atomic E-state index is 0.167. The van der Waals surface area contributed by atoms with Gasteiger partial charge in [-0.1, -0.05) is 137 Å². The van der Waals surface area contributed by atoms with Gasteiger partial charge in [0.1, 0.15) is 0 Å². The van der Waals surface area contributed by atoms with E-state index in [4.69, 9.17) is 0 Å². The number of hydrogen-bond donors (Lipinski definition) is 0. The van der Waals surface area contributed by atoms with Crippen molar-refractivity contribution in [1.82, 2.24) is 0 Å². The Morgan fingerprint density at radius 2 is 0.714 bits per heavy atom. The van der Waals surface area contributed by atoms with Crippen LogP contribution in [0.4, 0.5) is 0 Å². The van der Waals surface area contributed by atoms with Gasteiger partial charge in [0.05, 0.1) is 0 Å². The quantitative estimate of drug-likeness (QED) is 0.235. The fourth-order valence-corrected chi connectivity index (χ4v) is 16.4. The zero-order valence-electron chi connectivity index (χ0n) is 20.4. The predicted molar refractivity (Wildman–Crippen MR) is 154 cm³/mol. The molecule has 2 atom stereocenters. The first-order chi connectivity index (χ1) is 17.3. The van der Waals surface area contributed by atoms with Gasteiger partial charge in [-0.2, -0.15) is 0 Å². The molecule has 2 aliphatic rings. The largest absolute Gasteiger partial charge is 0.0866 e. The summed E-state index contributed by atoms with van der Waals surface area (Å²) in [7, 11) is -0.334. The molecule has 0 N–H and O–H groups in total.